The van der Waals surface area contributed by atoms with E-state index in [2.05, 4.69) is 14.7 Å². The fraction of sp³-hybridized carbons (Fsp3) is 0.0667. The van der Waals surface area contributed by atoms with Crippen LogP contribution in [0.5, 0.6) is 5.88 Å². The van der Waals surface area contributed by atoms with Crippen molar-refractivity contribution < 1.29 is 13.2 Å². The first-order chi connectivity index (χ1) is 10.6. The molecule has 0 atom stereocenters. The monoisotopic (exact) mass is 315 g/mol. The molecule has 3 aromatic rings. The van der Waals surface area contributed by atoms with Crippen molar-refractivity contribution in [3.05, 3.63) is 54.9 Å². The minimum absolute atomic E-state index is 0.108. The van der Waals surface area contributed by atoms with E-state index in [0.29, 0.717) is 5.52 Å². The van der Waals surface area contributed by atoms with Gasteiger partial charge in [-0.1, -0.05) is 18.2 Å². The lowest BCUT2D eigenvalue weighted by Crippen LogP contribution is -2.14. The summed E-state index contributed by atoms with van der Waals surface area (Å²) in [5.74, 6) is 0.208. The number of ether oxygens (including phenoxy) is 1. The van der Waals surface area contributed by atoms with E-state index in [0.717, 1.165) is 5.39 Å². The molecule has 0 aliphatic heterocycles. The summed E-state index contributed by atoms with van der Waals surface area (Å²) in [6.45, 7) is 0. The van der Waals surface area contributed by atoms with Crippen LogP contribution in [-0.2, 0) is 10.0 Å². The van der Waals surface area contributed by atoms with Gasteiger partial charge in [-0.15, -0.1) is 0 Å². The fourth-order valence-electron chi connectivity index (χ4n) is 2.12. The highest BCUT2D eigenvalue weighted by Crippen LogP contribution is 2.26. The van der Waals surface area contributed by atoms with Gasteiger partial charge < -0.3 is 4.74 Å². The quantitative estimate of drug-likeness (QED) is 0.799. The highest BCUT2D eigenvalue weighted by Gasteiger charge is 2.20. The number of nitrogens with zero attached hydrogens (tertiary/aromatic N) is 2. The highest BCUT2D eigenvalue weighted by molar-refractivity contribution is 7.93. The maximum atomic E-state index is 12.6. The molecule has 112 valence electrons. The predicted octanol–water partition coefficient (Wildman–Crippen LogP) is 2.44. The van der Waals surface area contributed by atoms with E-state index in [9.17, 15) is 8.42 Å². The average Bonchev–Trinajstić information content (AvgIpc) is 2.54. The zero-order valence-corrected chi connectivity index (χ0v) is 12.5. The summed E-state index contributed by atoms with van der Waals surface area (Å²) >= 11 is 0. The summed E-state index contributed by atoms with van der Waals surface area (Å²) in [5.41, 5.74) is 0.693. The van der Waals surface area contributed by atoms with Crippen LogP contribution in [0, 0.1) is 0 Å². The molecule has 22 heavy (non-hydrogen) atoms. The van der Waals surface area contributed by atoms with E-state index in [1.807, 2.05) is 12.1 Å². The molecule has 0 aliphatic carbocycles. The zero-order valence-electron chi connectivity index (χ0n) is 11.7. The maximum Gasteiger partial charge on any atom is 0.264 e. The van der Waals surface area contributed by atoms with Crippen molar-refractivity contribution >= 4 is 26.6 Å². The number of sulfonamides is 1. The van der Waals surface area contributed by atoms with Crippen LogP contribution in [0.2, 0.25) is 0 Å². The standard InChI is InChI=1S/C15H13N3O3S/c1-21-15-12(7-4-10-17-15)18-22(19,20)13-8-2-5-11-6-3-9-16-14(11)13/h2-10,18H,1H3. The van der Waals surface area contributed by atoms with Crippen LogP contribution in [0.25, 0.3) is 10.9 Å². The minimum atomic E-state index is -3.81. The molecular formula is C15H13N3O3S. The van der Waals surface area contributed by atoms with E-state index in [4.69, 9.17) is 4.74 Å². The molecule has 1 N–H and O–H groups in total. The Balaban J connectivity index is 2.09. The molecule has 0 saturated heterocycles. The number of hydrogen-bond acceptors (Lipinski definition) is 5. The van der Waals surface area contributed by atoms with Gasteiger partial charge in [-0.2, -0.15) is 0 Å². The van der Waals surface area contributed by atoms with Crippen LogP contribution in [0.3, 0.4) is 0 Å². The molecule has 2 aromatic heterocycles. The second-order valence-electron chi connectivity index (χ2n) is 4.50. The number of benzene rings is 1. The van der Waals surface area contributed by atoms with Gasteiger partial charge in [0.15, 0.2) is 0 Å². The average molecular weight is 315 g/mol. The van der Waals surface area contributed by atoms with E-state index in [1.54, 1.807) is 30.5 Å². The van der Waals surface area contributed by atoms with Gasteiger partial charge in [0.1, 0.15) is 10.6 Å². The highest BCUT2D eigenvalue weighted by atomic mass is 32.2. The number of nitrogens with one attached hydrogen (secondary N) is 1. The van der Waals surface area contributed by atoms with Crippen LogP contribution in [0.15, 0.2) is 59.8 Å². The predicted molar refractivity (Wildman–Crippen MR) is 83.3 cm³/mol. The van der Waals surface area contributed by atoms with Crippen LogP contribution in [0.1, 0.15) is 0 Å². The molecule has 3 rings (SSSR count). The molecule has 0 unspecified atom stereocenters. The third-order valence-electron chi connectivity index (χ3n) is 3.09. The minimum Gasteiger partial charge on any atom is -0.480 e. The van der Waals surface area contributed by atoms with Gasteiger partial charge in [-0.25, -0.2) is 13.4 Å². The first kappa shape index (κ1) is 14.3. The van der Waals surface area contributed by atoms with Gasteiger partial charge >= 0.3 is 0 Å². The van der Waals surface area contributed by atoms with Crippen molar-refractivity contribution in [3.8, 4) is 5.88 Å². The number of aromatic nitrogens is 2. The summed E-state index contributed by atoms with van der Waals surface area (Å²) in [4.78, 5) is 8.25. The molecule has 0 fully saturated rings. The molecule has 0 aliphatic rings. The van der Waals surface area contributed by atoms with Crippen molar-refractivity contribution in [2.75, 3.05) is 11.8 Å². The van der Waals surface area contributed by atoms with Gasteiger partial charge in [0.2, 0.25) is 5.88 Å². The summed E-state index contributed by atoms with van der Waals surface area (Å²) in [5, 5.41) is 0.753. The third-order valence-corrected chi connectivity index (χ3v) is 4.49. The Bertz CT molecular complexity index is 921. The van der Waals surface area contributed by atoms with E-state index in [1.165, 1.54) is 19.4 Å². The summed E-state index contributed by atoms with van der Waals surface area (Å²) in [7, 11) is -2.37. The normalized spacial score (nSPS) is 11.3. The van der Waals surface area contributed by atoms with Crippen molar-refractivity contribution in [1.82, 2.24) is 9.97 Å². The summed E-state index contributed by atoms with van der Waals surface area (Å²) in [6.07, 6.45) is 3.09. The number of fused-ring (bicyclic) bond motifs is 1. The zero-order chi connectivity index (χ0) is 15.6. The number of rotatable bonds is 4. The first-order valence-electron chi connectivity index (χ1n) is 6.47. The second-order valence-corrected chi connectivity index (χ2v) is 6.15. The van der Waals surface area contributed by atoms with Crippen LogP contribution in [0.4, 0.5) is 5.69 Å². The van der Waals surface area contributed by atoms with Gasteiger partial charge in [0.05, 0.1) is 12.6 Å². The van der Waals surface area contributed by atoms with E-state index < -0.39 is 10.0 Å². The van der Waals surface area contributed by atoms with Crippen molar-refractivity contribution in [2.24, 2.45) is 0 Å². The lowest BCUT2D eigenvalue weighted by molar-refractivity contribution is 0.400. The molecular weight excluding hydrogens is 302 g/mol. The van der Waals surface area contributed by atoms with Crippen molar-refractivity contribution in [3.63, 3.8) is 0 Å². The Morgan fingerprint density at radius 2 is 1.73 bits per heavy atom. The number of methoxy groups -OCH3 is 1. The summed E-state index contributed by atoms with van der Waals surface area (Å²) in [6, 6.07) is 11.8. The fourth-order valence-corrected chi connectivity index (χ4v) is 3.36. The third kappa shape index (κ3) is 2.58. The lowest BCUT2D eigenvalue weighted by Gasteiger charge is -2.11. The second kappa shape index (κ2) is 5.61. The van der Waals surface area contributed by atoms with E-state index >= 15 is 0 Å². The number of pyridine rings is 2. The van der Waals surface area contributed by atoms with Crippen molar-refractivity contribution in [1.29, 1.82) is 0 Å². The van der Waals surface area contributed by atoms with Crippen LogP contribution >= 0.6 is 0 Å². The van der Waals surface area contributed by atoms with Gasteiger partial charge in [0.25, 0.3) is 10.0 Å². The van der Waals surface area contributed by atoms with E-state index in [-0.39, 0.29) is 16.5 Å². The van der Waals surface area contributed by atoms with Crippen LogP contribution < -0.4 is 9.46 Å². The topological polar surface area (TPSA) is 81.2 Å². The van der Waals surface area contributed by atoms with Gasteiger partial charge in [0, 0.05) is 17.8 Å². The van der Waals surface area contributed by atoms with Gasteiger partial charge in [-0.05, 0) is 24.3 Å². The molecule has 0 amide bonds. The Labute approximate surface area is 127 Å². The summed E-state index contributed by atoms with van der Waals surface area (Å²) < 4.78 is 32.9. The number of hydrogen-bond donors (Lipinski definition) is 1. The maximum absolute atomic E-state index is 12.6. The SMILES string of the molecule is COc1ncccc1NS(=O)(=O)c1cccc2cccnc12. The Hall–Kier alpha value is -2.67. The Morgan fingerprint density at radius 1 is 1.00 bits per heavy atom. The van der Waals surface area contributed by atoms with Crippen molar-refractivity contribution in [2.45, 2.75) is 4.90 Å². The van der Waals surface area contributed by atoms with Crippen LogP contribution in [-0.4, -0.2) is 25.5 Å². The molecule has 0 bridgehead atoms. The smallest absolute Gasteiger partial charge is 0.264 e. The molecule has 0 spiro atoms. The molecule has 7 heteroatoms. The number of para-hydroxylation sites is 1. The Kier molecular flexibility index (Phi) is 3.64. The molecule has 2 heterocycles. The molecule has 1 aromatic carbocycles. The lowest BCUT2D eigenvalue weighted by atomic mass is 10.2. The molecule has 0 saturated carbocycles. The number of anilines is 1. The van der Waals surface area contributed by atoms with Gasteiger partial charge in [-0.3, -0.25) is 9.71 Å². The molecule has 6 nitrogen and oxygen atoms in total. The Morgan fingerprint density at radius 3 is 2.55 bits per heavy atom. The largest absolute Gasteiger partial charge is 0.480 e. The molecule has 0 radical (unpaired) electrons. The first-order valence-corrected chi connectivity index (χ1v) is 7.96.